The van der Waals surface area contributed by atoms with Crippen LogP contribution in [0.15, 0.2) is 16.0 Å². The molecule has 1 aromatic heterocycles. The fourth-order valence-electron chi connectivity index (χ4n) is 4.05. The number of nitrogens with two attached hydrogens (primary N) is 1. The number of carboxylic acids is 1. The van der Waals surface area contributed by atoms with Crippen LogP contribution in [0.25, 0.3) is 0 Å². The van der Waals surface area contributed by atoms with Crippen molar-refractivity contribution in [3.8, 4) is 0 Å². The van der Waals surface area contributed by atoms with E-state index < -0.39 is 23.9 Å². The van der Waals surface area contributed by atoms with E-state index in [0.717, 1.165) is 0 Å². The highest BCUT2D eigenvalue weighted by Crippen LogP contribution is 2.52. The predicted molar refractivity (Wildman–Crippen MR) is 104 cm³/mol. The Bertz CT molecular complexity index is 892. The number of fused-ring (bicyclic) bond motifs is 1. The van der Waals surface area contributed by atoms with Crippen LogP contribution in [0, 0.1) is 11.8 Å². The minimum absolute atomic E-state index is 0.0492. The molecule has 4 heterocycles. The van der Waals surface area contributed by atoms with Gasteiger partial charge in [-0.25, -0.2) is 9.78 Å². The van der Waals surface area contributed by atoms with Gasteiger partial charge in [0, 0.05) is 34.5 Å². The van der Waals surface area contributed by atoms with Crippen molar-refractivity contribution in [2.75, 3.05) is 18.0 Å². The van der Waals surface area contributed by atoms with Crippen molar-refractivity contribution in [1.82, 2.24) is 9.88 Å². The van der Waals surface area contributed by atoms with E-state index in [2.05, 4.69) is 4.98 Å². The summed E-state index contributed by atoms with van der Waals surface area (Å²) in [6.45, 7) is 4.81. The Hall–Kier alpha value is -2.11. The van der Waals surface area contributed by atoms with E-state index in [4.69, 9.17) is 5.73 Å². The number of aliphatic hydroxyl groups excluding tert-OH is 1. The molecule has 2 unspecified atom stereocenters. The molecule has 4 N–H and O–H groups in total. The number of carboxylic acid groups (broad SMARTS) is 1. The Morgan fingerprint density at radius 3 is 2.64 bits per heavy atom. The molecule has 0 radical (unpaired) electrons. The Balaban J connectivity index is 1.47. The van der Waals surface area contributed by atoms with Gasteiger partial charge in [-0.15, -0.1) is 23.1 Å². The lowest BCUT2D eigenvalue weighted by atomic mass is 9.79. The van der Waals surface area contributed by atoms with Crippen molar-refractivity contribution in [3.63, 3.8) is 0 Å². The van der Waals surface area contributed by atoms with Gasteiger partial charge >= 0.3 is 5.97 Å². The van der Waals surface area contributed by atoms with Gasteiger partial charge in [-0.1, -0.05) is 6.92 Å². The number of aliphatic carboxylic acids is 1. The number of hydrogen-bond acceptors (Lipinski definition) is 8. The third kappa shape index (κ3) is 2.80. The second kappa shape index (κ2) is 6.75. The second-order valence-corrected chi connectivity index (χ2v) is 9.48. The van der Waals surface area contributed by atoms with Gasteiger partial charge in [-0.2, -0.15) is 0 Å². The summed E-state index contributed by atoms with van der Waals surface area (Å²) in [5.41, 5.74) is 5.52. The Morgan fingerprint density at radius 1 is 1.43 bits per heavy atom. The number of hydrogen-bond donors (Lipinski definition) is 3. The fourth-order valence-corrected chi connectivity index (χ4v) is 6.40. The van der Waals surface area contributed by atoms with Gasteiger partial charge in [0.1, 0.15) is 11.4 Å². The van der Waals surface area contributed by atoms with Gasteiger partial charge in [-0.05, 0) is 6.92 Å². The lowest BCUT2D eigenvalue weighted by molar-refractivity contribution is -0.163. The number of thiazole rings is 1. The molecule has 4 rings (SSSR count). The van der Waals surface area contributed by atoms with Crippen molar-refractivity contribution in [2.45, 2.75) is 31.2 Å². The van der Waals surface area contributed by atoms with E-state index in [1.54, 1.807) is 12.3 Å². The van der Waals surface area contributed by atoms with E-state index >= 15 is 0 Å². The lowest BCUT2D eigenvalue weighted by Gasteiger charge is -2.46. The third-order valence-corrected chi connectivity index (χ3v) is 7.82. The average molecular weight is 425 g/mol. The zero-order chi connectivity index (χ0) is 20.3. The molecule has 2 amide bonds. The van der Waals surface area contributed by atoms with Crippen LogP contribution in [0.1, 0.15) is 24.3 Å². The molecule has 0 saturated carbocycles. The summed E-state index contributed by atoms with van der Waals surface area (Å²) >= 11 is 2.83. The number of anilines is 1. The highest BCUT2D eigenvalue weighted by Gasteiger charge is 2.60. The molecule has 11 heteroatoms. The van der Waals surface area contributed by atoms with Crippen LogP contribution in [-0.4, -0.2) is 68.4 Å². The van der Waals surface area contributed by atoms with Crippen molar-refractivity contribution in [1.29, 1.82) is 0 Å². The average Bonchev–Trinajstić information content (AvgIpc) is 3.13. The van der Waals surface area contributed by atoms with Crippen LogP contribution in [0.3, 0.4) is 0 Å². The molecule has 0 aliphatic carbocycles. The van der Waals surface area contributed by atoms with Gasteiger partial charge < -0.3 is 25.7 Å². The van der Waals surface area contributed by atoms with Gasteiger partial charge in [0.05, 0.1) is 18.1 Å². The third-order valence-electron chi connectivity index (χ3n) is 5.47. The van der Waals surface area contributed by atoms with Crippen molar-refractivity contribution in [2.24, 2.45) is 17.6 Å². The Labute approximate surface area is 169 Å². The molecule has 3 aliphatic heterocycles. The normalized spacial score (nSPS) is 28.1. The molecule has 2 fully saturated rings. The maximum absolute atomic E-state index is 12.4. The summed E-state index contributed by atoms with van der Waals surface area (Å²) in [6, 6.07) is -0.297. The number of rotatable bonds is 6. The molecule has 0 aromatic carbocycles. The summed E-state index contributed by atoms with van der Waals surface area (Å²) in [6.07, 6.45) is -0.806. The van der Waals surface area contributed by atoms with Gasteiger partial charge in [0.25, 0.3) is 5.91 Å². The molecule has 3 aliphatic rings. The summed E-state index contributed by atoms with van der Waals surface area (Å²) in [5.74, 6) is -2.69. The highest BCUT2D eigenvalue weighted by molar-refractivity contribution is 8.03. The number of carbonyl (C=O) groups is 3. The van der Waals surface area contributed by atoms with Crippen LogP contribution < -0.4 is 10.6 Å². The Kier molecular flexibility index (Phi) is 4.63. The van der Waals surface area contributed by atoms with E-state index in [1.165, 1.54) is 28.0 Å². The molecular weight excluding hydrogens is 404 g/mol. The zero-order valence-corrected chi connectivity index (χ0v) is 16.9. The second-order valence-electron chi connectivity index (χ2n) is 7.30. The largest absolute Gasteiger partial charge is 0.477 e. The van der Waals surface area contributed by atoms with Gasteiger partial charge in [0.2, 0.25) is 5.91 Å². The van der Waals surface area contributed by atoms with Crippen LogP contribution in [0.4, 0.5) is 5.13 Å². The summed E-state index contributed by atoms with van der Waals surface area (Å²) in [5, 5.41) is 22.1. The first-order valence-corrected chi connectivity index (χ1v) is 10.6. The van der Waals surface area contributed by atoms with Crippen molar-refractivity contribution < 1.29 is 24.6 Å². The molecule has 1 aromatic rings. The number of aromatic nitrogens is 1. The molecule has 0 bridgehead atoms. The summed E-state index contributed by atoms with van der Waals surface area (Å²) in [7, 11) is 0. The number of carbonyl (C=O) groups excluding carboxylic acids is 2. The first-order chi connectivity index (χ1) is 13.2. The quantitative estimate of drug-likeness (QED) is 0.555. The van der Waals surface area contributed by atoms with Crippen molar-refractivity contribution in [3.05, 3.63) is 21.7 Å². The fraction of sp³-hybridized carbons (Fsp3) is 0.529. The maximum atomic E-state index is 12.4. The molecule has 2 saturated heterocycles. The van der Waals surface area contributed by atoms with Gasteiger partial charge in [-0.3, -0.25) is 9.59 Å². The first-order valence-electron chi connectivity index (χ1n) is 8.86. The number of thioether (sulfide) groups is 1. The maximum Gasteiger partial charge on any atom is 0.353 e. The highest BCUT2D eigenvalue weighted by atomic mass is 32.2. The molecule has 4 atom stereocenters. The zero-order valence-electron chi connectivity index (χ0n) is 15.2. The number of primary amides is 1. The standard InChI is InChI=1S/C17H20N4O5S2/c1-6-11-10(7(2)22)15(24)21(11)12(16(25)26)13(6)28-8-3-20(4-8)17-19-9(5-27-17)14(18)23/h5-8,10-11,22H,3-4H2,1-2H3,(H2,18,23)(H,25,26)/t6-,7-,10?,11?/m1/s1. The summed E-state index contributed by atoms with van der Waals surface area (Å²) < 4.78 is 0. The SMILES string of the molecule is C[C@@H](O)C1C(=O)N2C(C(=O)O)=C(SC3CN(c4nc(C(N)=O)cs4)C3)[C@H](C)C12. The lowest BCUT2D eigenvalue weighted by Crippen LogP contribution is -2.63. The van der Waals surface area contributed by atoms with E-state index in [0.29, 0.717) is 23.1 Å². The predicted octanol–water partition coefficient (Wildman–Crippen LogP) is 0.317. The topological polar surface area (TPSA) is 137 Å². The van der Waals surface area contributed by atoms with E-state index in [-0.39, 0.29) is 34.5 Å². The number of β-lactam (4-membered cyclic amide) rings is 1. The monoisotopic (exact) mass is 424 g/mol. The first kappa shape index (κ1) is 19.2. The Morgan fingerprint density at radius 2 is 2.11 bits per heavy atom. The minimum Gasteiger partial charge on any atom is -0.477 e. The minimum atomic E-state index is -1.11. The molecule has 0 spiro atoms. The van der Waals surface area contributed by atoms with E-state index in [9.17, 15) is 24.6 Å². The van der Waals surface area contributed by atoms with Gasteiger partial charge in [0.15, 0.2) is 5.13 Å². The smallest absolute Gasteiger partial charge is 0.353 e. The molecular formula is C17H20N4O5S2. The number of nitrogens with zero attached hydrogens (tertiary/aromatic N) is 3. The van der Waals surface area contributed by atoms with E-state index in [1.807, 2.05) is 11.8 Å². The van der Waals surface area contributed by atoms with Crippen molar-refractivity contribution >= 4 is 46.0 Å². The van der Waals surface area contributed by atoms with Crippen LogP contribution >= 0.6 is 23.1 Å². The van der Waals surface area contributed by atoms with Crippen LogP contribution in [-0.2, 0) is 9.59 Å². The number of amides is 2. The van der Waals surface area contributed by atoms with Crippen LogP contribution in [0.5, 0.6) is 0 Å². The van der Waals surface area contributed by atoms with Crippen LogP contribution in [0.2, 0.25) is 0 Å². The molecule has 9 nitrogen and oxygen atoms in total. The molecule has 150 valence electrons. The number of aliphatic hydroxyl groups is 1. The summed E-state index contributed by atoms with van der Waals surface area (Å²) in [4.78, 5) is 43.6. The molecule has 28 heavy (non-hydrogen) atoms.